The number of ether oxygens (including phenoxy) is 1. The van der Waals surface area contributed by atoms with Gasteiger partial charge in [-0.25, -0.2) is 4.79 Å². The number of hydrogen-bond acceptors (Lipinski definition) is 3. The molecular formula is C22H30O4. The Kier molecular flexibility index (Phi) is 8.17. The van der Waals surface area contributed by atoms with E-state index in [0.717, 1.165) is 23.1 Å². The molecule has 1 aliphatic rings. The number of phenols is 1. The Hall–Kier alpha value is -2.49. The van der Waals surface area contributed by atoms with Crippen LogP contribution in [0, 0.1) is 13.8 Å². The van der Waals surface area contributed by atoms with Crippen molar-refractivity contribution in [2.24, 2.45) is 0 Å². The second-order valence-electron chi connectivity index (χ2n) is 5.67. The summed E-state index contributed by atoms with van der Waals surface area (Å²) in [6, 6.07) is 8.99. The molecule has 1 atom stereocenters. The lowest BCUT2D eigenvalue weighted by Gasteiger charge is -2.29. The van der Waals surface area contributed by atoms with Gasteiger partial charge in [-0.2, -0.15) is 0 Å². The first-order valence-electron chi connectivity index (χ1n) is 9.28. The summed E-state index contributed by atoms with van der Waals surface area (Å²) in [5, 5.41) is 19.5. The van der Waals surface area contributed by atoms with Gasteiger partial charge in [0.25, 0.3) is 0 Å². The molecule has 0 spiro atoms. The van der Waals surface area contributed by atoms with Crippen molar-refractivity contribution in [2.45, 2.75) is 53.9 Å². The fourth-order valence-corrected chi connectivity index (χ4v) is 3.19. The minimum absolute atomic E-state index is 0.0333. The second kappa shape index (κ2) is 9.85. The number of aromatic hydroxyl groups is 1. The van der Waals surface area contributed by atoms with Crippen LogP contribution in [0.25, 0.3) is 0 Å². The lowest BCUT2D eigenvalue weighted by atomic mass is 9.82. The highest BCUT2D eigenvalue weighted by Crippen LogP contribution is 2.44. The topological polar surface area (TPSA) is 66.8 Å². The van der Waals surface area contributed by atoms with Gasteiger partial charge < -0.3 is 14.9 Å². The maximum Gasteiger partial charge on any atom is 0.335 e. The molecule has 4 nitrogen and oxygen atoms in total. The van der Waals surface area contributed by atoms with Crippen LogP contribution in [-0.4, -0.2) is 22.8 Å². The zero-order valence-electron chi connectivity index (χ0n) is 16.6. The molecule has 26 heavy (non-hydrogen) atoms. The molecule has 3 rings (SSSR count). The van der Waals surface area contributed by atoms with E-state index in [0.29, 0.717) is 23.5 Å². The molecule has 1 heterocycles. The Morgan fingerprint density at radius 2 is 1.69 bits per heavy atom. The first-order chi connectivity index (χ1) is 12.5. The number of carboxylic acids is 1. The van der Waals surface area contributed by atoms with Gasteiger partial charge in [-0.1, -0.05) is 45.9 Å². The largest absolute Gasteiger partial charge is 0.507 e. The van der Waals surface area contributed by atoms with Crippen molar-refractivity contribution < 1.29 is 19.7 Å². The predicted octanol–water partition coefficient (Wildman–Crippen LogP) is 5.67. The van der Waals surface area contributed by atoms with E-state index in [1.807, 2.05) is 59.7 Å². The summed E-state index contributed by atoms with van der Waals surface area (Å²) in [7, 11) is 0. The first kappa shape index (κ1) is 21.6. The van der Waals surface area contributed by atoms with E-state index in [1.165, 1.54) is 0 Å². The van der Waals surface area contributed by atoms with Gasteiger partial charge in [-0.3, -0.25) is 0 Å². The van der Waals surface area contributed by atoms with Gasteiger partial charge in [0.2, 0.25) is 0 Å². The molecule has 1 aliphatic heterocycles. The zero-order chi connectivity index (χ0) is 19.9. The fraction of sp³-hybridized carbons (Fsp3) is 0.409. The van der Waals surface area contributed by atoms with Gasteiger partial charge in [0.15, 0.2) is 0 Å². The molecule has 0 aromatic heterocycles. The molecule has 0 amide bonds. The van der Waals surface area contributed by atoms with Gasteiger partial charge in [-0.15, -0.1) is 0 Å². The Morgan fingerprint density at radius 3 is 2.31 bits per heavy atom. The molecule has 142 valence electrons. The number of rotatable bonds is 2. The van der Waals surface area contributed by atoms with Gasteiger partial charge in [-0.05, 0) is 43.5 Å². The van der Waals surface area contributed by atoms with E-state index < -0.39 is 5.97 Å². The quantitative estimate of drug-likeness (QED) is 0.725. The molecule has 0 saturated heterocycles. The van der Waals surface area contributed by atoms with Crippen LogP contribution >= 0.6 is 0 Å². The normalized spacial score (nSPS) is 14.6. The van der Waals surface area contributed by atoms with Crippen molar-refractivity contribution in [2.75, 3.05) is 6.61 Å². The summed E-state index contributed by atoms with van der Waals surface area (Å²) < 4.78 is 5.73. The molecule has 0 aliphatic carbocycles. The Labute approximate surface area is 156 Å². The highest BCUT2D eigenvalue weighted by atomic mass is 16.5. The lowest BCUT2D eigenvalue weighted by molar-refractivity contribution is 0.0695. The smallest absolute Gasteiger partial charge is 0.335 e. The van der Waals surface area contributed by atoms with Crippen molar-refractivity contribution in [1.29, 1.82) is 0 Å². The highest BCUT2D eigenvalue weighted by molar-refractivity contribution is 5.90. The number of carbonyl (C=O) groups is 1. The summed E-state index contributed by atoms with van der Waals surface area (Å²) >= 11 is 0. The molecule has 0 fully saturated rings. The van der Waals surface area contributed by atoms with E-state index in [2.05, 4.69) is 0 Å². The van der Waals surface area contributed by atoms with E-state index in [1.54, 1.807) is 12.1 Å². The van der Waals surface area contributed by atoms with Crippen LogP contribution < -0.4 is 4.74 Å². The summed E-state index contributed by atoms with van der Waals surface area (Å²) in [5.74, 6) is -0.0321. The standard InChI is InChI=1S/C18H18O4.2C2H6/c1-10-9-15-13(7-8-22-17(15)11(2)16(10)19)12-5-3-4-6-14(12)18(20)21;2*1-2/h3-6,9,13,19H,7-8H2,1-2H3,(H,20,21);2*1-2H3. The van der Waals surface area contributed by atoms with Crippen molar-refractivity contribution in [3.63, 3.8) is 0 Å². The lowest BCUT2D eigenvalue weighted by Crippen LogP contribution is -2.18. The summed E-state index contributed by atoms with van der Waals surface area (Å²) in [4.78, 5) is 11.5. The van der Waals surface area contributed by atoms with E-state index in [9.17, 15) is 15.0 Å². The Bertz CT molecular complexity index is 750. The Morgan fingerprint density at radius 1 is 1.08 bits per heavy atom. The fourth-order valence-electron chi connectivity index (χ4n) is 3.19. The molecule has 0 saturated carbocycles. The third-order valence-corrected chi connectivity index (χ3v) is 4.30. The van der Waals surface area contributed by atoms with Gasteiger partial charge in [0.1, 0.15) is 11.5 Å². The number of phenolic OH excluding ortho intramolecular Hbond substituents is 1. The van der Waals surface area contributed by atoms with Gasteiger partial charge >= 0.3 is 5.97 Å². The average molecular weight is 358 g/mol. The molecule has 2 N–H and O–H groups in total. The number of fused-ring (bicyclic) bond motifs is 1. The maximum absolute atomic E-state index is 11.5. The van der Waals surface area contributed by atoms with Crippen molar-refractivity contribution in [3.05, 3.63) is 58.1 Å². The third-order valence-electron chi connectivity index (χ3n) is 4.30. The third kappa shape index (κ3) is 4.18. The Balaban J connectivity index is 0.000000791. The van der Waals surface area contributed by atoms with Crippen LogP contribution in [0.2, 0.25) is 0 Å². The number of aryl methyl sites for hydroxylation is 1. The summed E-state index contributed by atoms with van der Waals surface area (Å²) in [6.45, 7) is 12.2. The summed E-state index contributed by atoms with van der Waals surface area (Å²) in [5.41, 5.74) is 3.56. The van der Waals surface area contributed by atoms with Crippen LogP contribution in [0.3, 0.4) is 0 Å². The number of carboxylic acid groups (broad SMARTS) is 1. The van der Waals surface area contributed by atoms with Crippen LogP contribution in [-0.2, 0) is 0 Å². The SMILES string of the molecule is CC.CC.Cc1cc2c(c(C)c1O)OCCC2c1ccccc1C(=O)O. The average Bonchev–Trinajstić information content (AvgIpc) is 2.69. The van der Waals surface area contributed by atoms with E-state index in [-0.39, 0.29) is 11.7 Å². The predicted molar refractivity (Wildman–Crippen MR) is 106 cm³/mol. The maximum atomic E-state index is 11.5. The summed E-state index contributed by atoms with van der Waals surface area (Å²) in [6.07, 6.45) is 0.723. The molecular weight excluding hydrogens is 328 g/mol. The number of benzene rings is 2. The van der Waals surface area contributed by atoms with Crippen molar-refractivity contribution in [1.82, 2.24) is 0 Å². The minimum atomic E-state index is -0.920. The highest BCUT2D eigenvalue weighted by Gasteiger charge is 2.29. The van der Waals surface area contributed by atoms with Crippen LogP contribution in [0.1, 0.15) is 72.6 Å². The number of aromatic carboxylic acids is 1. The van der Waals surface area contributed by atoms with Crippen molar-refractivity contribution in [3.8, 4) is 11.5 Å². The monoisotopic (exact) mass is 358 g/mol. The molecule has 0 bridgehead atoms. The molecule has 2 aromatic rings. The molecule has 0 radical (unpaired) electrons. The van der Waals surface area contributed by atoms with E-state index in [4.69, 9.17) is 4.74 Å². The van der Waals surface area contributed by atoms with E-state index >= 15 is 0 Å². The van der Waals surface area contributed by atoms with Crippen LogP contribution in [0.15, 0.2) is 30.3 Å². The van der Waals surface area contributed by atoms with Gasteiger partial charge in [0, 0.05) is 17.0 Å². The minimum Gasteiger partial charge on any atom is -0.507 e. The van der Waals surface area contributed by atoms with Gasteiger partial charge in [0.05, 0.1) is 12.2 Å². The van der Waals surface area contributed by atoms with Crippen LogP contribution in [0.4, 0.5) is 0 Å². The van der Waals surface area contributed by atoms with Crippen molar-refractivity contribution >= 4 is 5.97 Å². The molecule has 1 unspecified atom stereocenters. The van der Waals surface area contributed by atoms with Crippen LogP contribution in [0.5, 0.6) is 11.5 Å². The number of hydrogen-bond donors (Lipinski definition) is 2. The second-order valence-corrected chi connectivity index (χ2v) is 5.67. The zero-order valence-corrected chi connectivity index (χ0v) is 16.6. The molecule has 2 aromatic carbocycles. The first-order valence-corrected chi connectivity index (χ1v) is 9.28. The molecule has 4 heteroatoms.